The van der Waals surface area contributed by atoms with Crippen molar-refractivity contribution >= 4 is 23.3 Å². The Morgan fingerprint density at radius 1 is 1.14 bits per heavy atom. The summed E-state index contributed by atoms with van der Waals surface area (Å²) in [5, 5.41) is 13.7. The zero-order chi connectivity index (χ0) is 19.9. The predicted molar refractivity (Wildman–Crippen MR) is 99.5 cm³/mol. The highest BCUT2D eigenvalue weighted by Gasteiger charge is 2.23. The van der Waals surface area contributed by atoms with Crippen molar-refractivity contribution in [3.8, 4) is 11.5 Å². The van der Waals surface area contributed by atoms with Crippen LogP contribution >= 0.6 is 0 Å². The largest absolute Gasteiger partial charge is 0.489 e. The van der Waals surface area contributed by atoms with Crippen molar-refractivity contribution in [1.29, 1.82) is 0 Å². The molecular formula is C19H24N2O7. The zero-order valence-electron chi connectivity index (χ0n) is 15.6. The van der Waals surface area contributed by atoms with E-state index in [1.165, 1.54) is 25.0 Å². The van der Waals surface area contributed by atoms with Gasteiger partial charge in [0, 0.05) is 18.9 Å². The minimum atomic E-state index is -0.646. The summed E-state index contributed by atoms with van der Waals surface area (Å²) in [5.74, 6) is 0.0698. The first-order chi connectivity index (χ1) is 13.5. The number of nitrogens with one attached hydrogen (secondary N) is 1. The van der Waals surface area contributed by atoms with Crippen LogP contribution in [0.5, 0.6) is 11.5 Å². The number of fused-ring (bicyclic) bond motifs is 1. The molecule has 3 rings (SSSR count). The Labute approximate surface area is 162 Å². The Hall–Kier alpha value is -2.84. The average molecular weight is 392 g/mol. The number of nitro groups is 1. The number of hydrogen-bond donors (Lipinski definition) is 1. The number of benzene rings is 1. The molecule has 0 aromatic heterocycles. The van der Waals surface area contributed by atoms with Gasteiger partial charge in [-0.15, -0.1) is 0 Å². The molecule has 2 aliphatic rings. The van der Waals surface area contributed by atoms with Gasteiger partial charge >= 0.3 is 5.97 Å². The molecule has 1 N–H and O–H groups in total. The monoisotopic (exact) mass is 392 g/mol. The molecule has 0 unspecified atom stereocenters. The van der Waals surface area contributed by atoms with Gasteiger partial charge in [-0.3, -0.25) is 19.7 Å². The lowest BCUT2D eigenvalue weighted by Crippen LogP contribution is -2.21. The maximum absolute atomic E-state index is 12.1. The Balaban J connectivity index is 1.55. The molecule has 1 saturated carbocycles. The van der Waals surface area contributed by atoms with E-state index in [-0.39, 0.29) is 23.5 Å². The predicted octanol–water partition coefficient (Wildman–Crippen LogP) is 3.21. The Kier molecular flexibility index (Phi) is 6.67. The van der Waals surface area contributed by atoms with Crippen molar-refractivity contribution in [3.05, 3.63) is 22.2 Å². The number of carbonyl (C=O) groups is 2. The molecule has 28 heavy (non-hydrogen) atoms. The van der Waals surface area contributed by atoms with Crippen LogP contribution in [0.15, 0.2) is 12.1 Å². The highest BCUT2D eigenvalue weighted by atomic mass is 16.6. The maximum atomic E-state index is 12.1. The zero-order valence-corrected chi connectivity index (χ0v) is 15.6. The topological polar surface area (TPSA) is 117 Å². The molecular weight excluding hydrogens is 368 g/mol. The molecule has 152 valence electrons. The van der Waals surface area contributed by atoms with E-state index in [9.17, 15) is 19.7 Å². The van der Waals surface area contributed by atoms with E-state index in [1.54, 1.807) is 0 Å². The van der Waals surface area contributed by atoms with Gasteiger partial charge in [0.2, 0.25) is 0 Å². The molecule has 1 heterocycles. The Morgan fingerprint density at radius 2 is 1.82 bits per heavy atom. The van der Waals surface area contributed by atoms with Gasteiger partial charge in [-0.1, -0.05) is 25.7 Å². The summed E-state index contributed by atoms with van der Waals surface area (Å²) in [6.07, 6.45) is 6.40. The number of nitrogens with zero attached hydrogens (tertiary/aromatic N) is 1. The van der Waals surface area contributed by atoms with Crippen molar-refractivity contribution in [1.82, 2.24) is 0 Å². The first kappa shape index (κ1) is 19.9. The summed E-state index contributed by atoms with van der Waals surface area (Å²) >= 11 is 0. The fourth-order valence-electron chi connectivity index (χ4n) is 3.47. The molecule has 1 fully saturated rings. The number of esters is 1. The summed E-state index contributed by atoms with van der Waals surface area (Å²) in [6, 6.07) is 2.59. The summed E-state index contributed by atoms with van der Waals surface area (Å²) in [4.78, 5) is 34.6. The van der Waals surface area contributed by atoms with Gasteiger partial charge < -0.3 is 19.5 Å². The third kappa shape index (κ3) is 5.34. The van der Waals surface area contributed by atoms with E-state index in [0.29, 0.717) is 31.3 Å². The quantitative estimate of drug-likeness (QED) is 0.430. The molecule has 9 nitrogen and oxygen atoms in total. The molecule has 0 radical (unpaired) electrons. The van der Waals surface area contributed by atoms with Crippen molar-refractivity contribution in [3.63, 3.8) is 0 Å². The molecule has 1 amide bonds. The summed E-state index contributed by atoms with van der Waals surface area (Å²) in [5.41, 5.74) is -0.341. The van der Waals surface area contributed by atoms with Crippen molar-refractivity contribution in [2.24, 2.45) is 5.92 Å². The van der Waals surface area contributed by atoms with E-state index in [4.69, 9.17) is 14.2 Å². The maximum Gasteiger partial charge on any atom is 0.306 e. The second kappa shape index (κ2) is 9.38. The normalized spacial score (nSPS) is 16.3. The van der Waals surface area contributed by atoms with Gasteiger partial charge in [0.1, 0.15) is 5.69 Å². The highest BCUT2D eigenvalue weighted by Crippen LogP contribution is 2.39. The highest BCUT2D eigenvalue weighted by molar-refractivity contribution is 5.95. The smallest absolute Gasteiger partial charge is 0.306 e. The lowest BCUT2D eigenvalue weighted by molar-refractivity contribution is -0.384. The van der Waals surface area contributed by atoms with Crippen LogP contribution in [-0.2, 0) is 14.3 Å². The van der Waals surface area contributed by atoms with E-state index < -0.39 is 23.4 Å². The fraction of sp³-hybridized carbons (Fsp3) is 0.579. The minimum absolute atomic E-state index is 0.0266. The van der Waals surface area contributed by atoms with Crippen LogP contribution in [0, 0.1) is 16.0 Å². The summed E-state index contributed by atoms with van der Waals surface area (Å²) in [6.45, 7) is 0.318. The minimum Gasteiger partial charge on any atom is -0.489 e. The lowest BCUT2D eigenvalue weighted by Gasteiger charge is -2.12. The van der Waals surface area contributed by atoms with Crippen molar-refractivity contribution < 1.29 is 28.7 Å². The molecule has 9 heteroatoms. The van der Waals surface area contributed by atoms with Gasteiger partial charge in [0.25, 0.3) is 11.6 Å². The Morgan fingerprint density at radius 3 is 2.50 bits per heavy atom. The molecule has 0 spiro atoms. The van der Waals surface area contributed by atoms with Crippen LogP contribution in [0.1, 0.15) is 44.9 Å². The second-order valence-corrected chi connectivity index (χ2v) is 7.02. The lowest BCUT2D eigenvalue weighted by atomic mass is 10.0. The van der Waals surface area contributed by atoms with Gasteiger partial charge in [0.15, 0.2) is 18.1 Å². The van der Waals surface area contributed by atoms with Crippen LogP contribution < -0.4 is 14.8 Å². The molecule has 1 aromatic rings. The van der Waals surface area contributed by atoms with E-state index >= 15 is 0 Å². The van der Waals surface area contributed by atoms with E-state index in [1.807, 2.05) is 0 Å². The third-order valence-corrected chi connectivity index (χ3v) is 4.93. The SMILES string of the molecule is O=C(COC(=O)CCC1CCCC1)Nc1cc2c(cc1[N+](=O)[O-])OCCCO2. The third-order valence-electron chi connectivity index (χ3n) is 4.93. The van der Waals surface area contributed by atoms with Gasteiger partial charge in [-0.2, -0.15) is 0 Å². The van der Waals surface area contributed by atoms with Crippen molar-refractivity contribution in [2.45, 2.75) is 44.9 Å². The molecule has 0 bridgehead atoms. The first-order valence-corrected chi connectivity index (χ1v) is 9.56. The average Bonchev–Trinajstić information content (AvgIpc) is 3.09. The number of anilines is 1. The van der Waals surface area contributed by atoms with Gasteiger partial charge in [-0.05, 0) is 12.3 Å². The molecule has 1 aliphatic carbocycles. The van der Waals surface area contributed by atoms with E-state index in [0.717, 1.165) is 19.3 Å². The van der Waals surface area contributed by atoms with Crippen LogP contribution in [0.25, 0.3) is 0 Å². The number of amides is 1. The molecule has 0 atom stereocenters. The molecule has 0 saturated heterocycles. The fourth-order valence-corrected chi connectivity index (χ4v) is 3.47. The molecule has 1 aliphatic heterocycles. The van der Waals surface area contributed by atoms with Crippen LogP contribution in [-0.4, -0.2) is 36.6 Å². The van der Waals surface area contributed by atoms with Crippen LogP contribution in [0.2, 0.25) is 0 Å². The van der Waals surface area contributed by atoms with Gasteiger partial charge in [0.05, 0.1) is 24.2 Å². The summed E-state index contributed by atoms with van der Waals surface area (Å²) < 4.78 is 15.9. The first-order valence-electron chi connectivity index (χ1n) is 9.56. The second-order valence-electron chi connectivity index (χ2n) is 7.02. The van der Waals surface area contributed by atoms with Crippen LogP contribution in [0.4, 0.5) is 11.4 Å². The van der Waals surface area contributed by atoms with Gasteiger partial charge in [-0.25, -0.2) is 0 Å². The number of ether oxygens (including phenoxy) is 3. The Bertz CT molecular complexity index is 744. The number of rotatable bonds is 7. The summed E-state index contributed by atoms with van der Waals surface area (Å²) in [7, 11) is 0. The van der Waals surface area contributed by atoms with E-state index in [2.05, 4.69) is 5.32 Å². The number of carbonyl (C=O) groups excluding carboxylic acids is 2. The standard InChI is InChI=1S/C19H24N2O7/c22-18(12-28-19(23)7-6-13-4-1-2-5-13)20-14-10-16-17(11-15(14)21(24)25)27-9-3-8-26-16/h10-11,13H,1-9,12H2,(H,20,22). The van der Waals surface area contributed by atoms with Crippen LogP contribution in [0.3, 0.4) is 0 Å². The molecule has 1 aromatic carbocycles. The van der Waals surface area contributed by atoms with Crippen molar-refractivity contribution in [2.75, 3.05) is 25.1 Å². The number of hydrogen-bond acceptors (Lipinski definition) is 7. The number of nitro benzene ring substituents is 1.